The van der Waals surface area contributed by atoms with E-state index in [0.717, 1.165) is 32.0 Å². The van der Waals surface area contributed by atoms with Crippen LogP contribution in [0.1, 0.15) is 44.9 Å². The molecule has 0 radical (unpaired) electrons. The van der Waals surface area contributed by atoms with Gasteiger partial charge >= 0.3 is 0 Å². The summed E-state index contributed by atoms with van der Waals surface area (Å²) >= 11 is 0. The minimum absolute atomic E-state index is 0.245. The highest BCUT2D eigenvalue weighted by Crippen LogP contribution is 2.28. The average Bonchev–Trinajstić information content (AvgIpc) is 2.67. The topological polar surface area (TPSA) is 41.1 Å². The smallest absolute Gasteiger partial charge is 0.225 e. The van der Waals surface area contributed by atoms with Gasteiger partial charge in [-0.05, 0) is 12.3 Å². The predicted molar refractivity (Wildman–Crippen MR) is 65.2 cm³/mol. The van der Waals surface area contributed by atoms with Crippen LogP contribution in [0.3, 0.4) is 0 Å². The van der Waals surface area contributed by atoms with Crippen molar-refractivity contribution in [2.24, 2.45) is 11.8 Å². The van der Waals surface area contributed by atoms with Crippen LogP contribution in [0, 0.1) is 11.8 Å². The molecule has 2 N–H and O–H groups in total. The van der Waals surface area contributed by atoms with Crippen molar-refractivity contribution < 1.29 is 4.79 Å². The summed E-state index contributed by atoms with van der Waals surface area (Å²) in [6.45, 7) is 2.61. The Morgan fingerprint density at radius 1 is 1.19 bits per heavy atom. The third kappa shape index (κ3) is 3.48. The Labute approximate surface area is 98.4 Å². The van der Waals surface area contributed by atoms with Crippen molar-refractivity contribution in [1.82, 2.24) is 10.6 Å². The van der Waals surface area contributed by atoms with E-state index in [2.05, 4.69) is 10.6 Å². The largest absolute Gasteiger partial charge is 0.356 e. The first-order valence-electron chi connectivity index (χ1n) is 6.84. The van der Waals surface area contributed by atoms with Gasteiger partial charge in [-0.25, -0.2) is 0 Å². The molecule has 2 fully saturated rings. The van der Waals surface area contributed by atoms with E-state index < -0.39 is 0 Å². The molecule has 1 aliphatic heterocycles. The molecule has 16 heavy (non-hydrogen) atoms. The molecule has 0 aromatic rings. The minimum Gasteiger partial charge on any atom is -0.356 e. The molecule has 2 rings (SSSR count). The van der Waals surface area contributed by atoms with E-state index >= 15 is 0 Å². The third-order valence-corrected chi connectivity index (χ3v) is 3.97. The zero-order chi connectivity index (χ0) is 11.2. The molecular formula is C13H24N2O. The number of carbonyl (C=O) groups excluding carboxylic acids is 1. The van der Waals surface area contributed by atoms with E-state index in [1.165, 1.54) is 38.5 Å². The molecule has 1 saturated heterocycles. The Hall–Kier alpha value is -0.570. The van der Waals surface area contributed by atoms with Gasteiger partial charge in [0, 0.05) is 19.6 Å². The molecule has 0 aromatic heterocycles. The Balaban J connectivity index is 1.43. The van der Waals surface area contributed by atoms with Gasteiger partial charge in [0.2, 0.25) is 5.91 Å². The molecule has 2 aliphatic rings. The Morgan fingerprint density at radius 3 is 2.56 bits per heavy atom. The van der Waals surface area contributed by atoms with Crippen LogP contribution in [0.5, 0.6) is 0 Å². The van der Waals surface area contributed by atoms with Gasteiger partial charge in [-0.2, -0.15) is 0 Å². The zero-order valence-corrected chi connectivity index (χ0v) is 10.1. The molecule has 92 valence electrons. The first-order valence-corrected chi connectivity index (χ1v) is 6.84. The van der Waals surface area contributed by atoms with Crippen molar-refractivity contribution in [2.45, 2.75) is 44.9 Å². The highest BCUT2D eigenvalue weighted by atomic mass is 16.2. The van der Waals surface area contributed by atoms with Crippen LogP contribution in [-0.4, -0.2) is 25.5 Å². The number of amides is 1. The van der Waals surface area contributed by atoms with Crippen LogP contribution in [0.2, 0.25) is 0 Å². The second kappa shape index (κ2) is 6.24. The molecule has 1 heterocycles. The molecule has 1 amide bonds. The normalized spacial score (nSPS) is 22.0. The number of hydrogen-bond donors (Lipinski definition) is 2. The Morgan fingerprint density at radius 2 is 1.94 bits per heavy atom. The van der Waals surface area contributed by atoms with Gasteiger partial charge in [0.1, 0.15) is 0 Å². The second-order valence-electron chi connectivity index (χ2n) is 5.29. The highest BCUT2D eigenvalue weighted by molar-refractivity contribution is 5.79. The maximum absolute atomic E-state index is 11.5. The lowest BCUT2D eigenvalue weighted by Crippen LogP contribution is -2.50. The van der Waals surface area contributed by atoms with Crippen LogP contribution < -0.4 is 10.6 Å². The summed E-state index contributed by atoms with van der Waals surface area (Å²) in [6, 6.07) is 0. The monoisotopic (exact) mass is 224 g/mol. The Kier molecular flexibility index (Phi) is 4.64. The molecule has 3 heteroatoms. The van der Waals surface area contributed by atoms with Gasteiger partial charge < -0.3 is 10.6 Å². The van der Waals surface area contributed by atoms with Crippen molar-refractivity contribution in [2.75, 3.05) is 19.6 Å². The average molecular weight is 224 g/mol. The van der Waals surface area contributed by atoms with Crippen LogP contribution >= 0.6 is 0 Å². The molecule has 1 saturated carbocycles. The Bertz CT molecular complexity index is 220. The van der Waals surface area contributed by atoms with E-state index in [9.17, 15) is 4.79 Å². The first-order chi connectivity index (χ1) is 7.86. The quantitative estimate of drug-likeness (QED) is 0.674. The summed E-state index contributed by atoms with van der Waals surface area (Å²) < 4.78 is 0. The highest BCUT2D eigenvalue weighted by Gasteiger charge is 2.24. The fraction of sp³-hybridized carbons (Fsp3) is 0.923. The molecule has 0 atom stereocenters. The summed E-state index contributed by atoms with van der Waals surface area (Å²) in [5.74, 6) is 1.49. The van der Waals surface area contributed by atoms with Crippen molar-refractivity contribution in [3.63, 3.8) is 0 Å². The van der Waals surface area contributed by atoms with Crippen LogP contribution in [-0.2, 0) is 4.79 Å². The van der Waals surface area contributed by atoms with Crippen LogP contribution in [0.4, 0.5) is 0 Å². The van der Waals surface area contributed by atoms with Gasteiger partial charge in [-0.3, -0.25) is 4.79 Å². The third-order valence-electron chi connectivity index (χ3n) is 3.97. The van der Waals surface area contributed by atoms with Crippen molar-refractivity contribution in [3.8, 4) is 0 Å². The minimum atomic E-state index is 0.245. The molecule has 0 spiro atoms. The fourth-order valence-electron chi connectivity index (χ4n) is 2.69. The van der Waals surface area contributed by atoms with Gasteiger partial charge in [-0.15, -0.1) is 0 Å². The predicted octanol–water partition coefficient (Wildman–Crippen LogP) is 1.68. The summed E-state index contributed by atoms with van der Waals surface area (Å²) in [5.41, 5.74) is 0. The summed E-state index contributed by atoms with van der Waals surface area (Å²) in [4.78, 5) is 11.5. The fourth-order valence-corrected chi connectivity index (χ4v) is 2.69. The lowest BCUT2D eigenvalue weighted by Gasteiger charge is -2.25. The molecule has 1 aliphatic carbocycles. The lowest BCUT2D eigenvalue weighted by molar-refractivity contribution is -0.126. The first kappa shape index (κ1) is 11.9. The number of carbonyl (C=O) groups is 1. The molecule has 3 nitrogen and oxygen atoms in total. The standard InChI is InChI=1S/C13H24N2O/c16-13(12-9-14-10-12)15-8-4-3-7-11-5-1-2-6-11/h11-12,14H,1-10H2,(H,15,16). The molecular weight excluding hydrogens is 200 g/mol. The number of nitrogens with one attached hydrogen (secondary N) is 2. The van der Waals surface area contributed by atoms with Gasteiger partial charge in [-0.1, -0.05) is 38.5 Å². The maximum atomic E-state index is 11.5. The number of hydrogen-bond acceptors (Lipinski definition) is 2. The summed E-state index contributed by atoms with van der Waals surface area (Å²) in [5, 5.41) is 6.15. The van der Waals surface area contributed by atoms with Crippen molar-refractivity contribution in [3.05, 3.63) is 0 Å². The second-order valence-corrected chi connectivity index (χ2v) is 5.29. The zero-order valence-electron chi connectivity index (χ0n) is 10.1. The maximum Gasteiger partial charge on any atom is 0.225 e. The number of unbranched alkanes of at least 4 members (excludes halogenated alkanes) is 1. The molecule has 0 aromatic carbocycles. The molecule has 0 bridgehead atoms. The molecule has 0 unspecified atom stereocenters. The van der Waals surface area contributed by atoms with Gasteiger partial charge in [0.05, 0.1) is 5.92 Å². The summed E-state index contributed by atoms with van der Waals surface area (Å²) in [6.07, 6.45) is 9.59. The SMILES string of the molecule is O=C(NCCCCC1CCCC1)C1CNC1. The summed E-state index contributed by atoms with van der Waals surface area (Å²) in [7, 11) is 0. The van der Waals surface area contributed by atoms with Crippen LogP contribution in [0.15, 0.2) is 0 Å². The van der Waals surface area contributed by atoms with E-state index in [4.69, 9.17) is 0 Å². The lowest BCUT2D eigenvalue weighted by atomic mass is 10.0. The van der Waals surface area contributed by atoms with E-state index in [-0.39, 0.29) is 11.8 Å². The van der Waals surface area contributed by atoms with Gasteiger partial charge in [0.25, 0.3) is 0 Å². The van der Waals surface area contributed by atoms with Gasteiger partial charge in [0.15, 0.2) is 0 Å². The van der Waals surface area contributed by atoms with E-state index in [1.807, 2.05) is 0 Å². The van der Waals surface area contributed by atoms with E-state index in [0.29, 0.717) is 0 Å². The van der Waals surface area contributed by atoms with E-state index in [1.54, 1.807) is 0 Å². The van der Waals surface area contributed by atoms with Crippen molar-refractivity contribution >= 4 is 5.91 Å². The number of rotatable bonds is 6. The van der Waals surface area contributed by atoms with Crippen LogP contribution in [0.25, 0.3) is 0 Å². The van der Waals surface area contributed by atoms with Crippen molar-refractivity contribution in [1.29, 1.82) is 0 Å².